The molecule has 0 unspecified atom stereocenters. The van der Waals surface area contributed by atoms with Crippen LogP contribution in [0.4, 0.5) is 0 Å². The summed E-state index contributed by atoms with van der Waals surface area (Å²) in [5, 5.41) is 17.3. The predicted octanol–water partition coefficient (Wildman–Crippen LogP) is -0.136. The third kappa shape index (κ3) is 1.86. The van der Waals surface area contributed by atoms with E-state index in [4.69, 9.17) is 15.9 Å². The quantitative estimate of drug-likeness (QED) is 0.620. The summed E-state index contributed by atoms with van der Waals surface area (Å²) in [4.78, 5) is 24.8. The van der Waals surface area contributed by atoms with Crippen LogP contribution in [-0.2, 0) is 4.79 Å². The van der Waals surface area contributed by atoms with Crippen LogP contribution in [0, 0.1) is 0 Å². The maximum Gasteiger partial charge on any atom is 0.336 e. The zero-order valence-electron chi connectivity index (χ0n) is 7.04. The number of aromatic carboxylic acids is 1. The highest BCUT2D eigenvalue weighted by atomic mass is 16.4. The molecule has 0 bridgehead atoms. The number of carboxylic acids is 2. The third-order valence-corrected chi connectivity index (χ3v) is 1.68. The van der Waals surface area contributed by atoms with Crippen molar-refractivity contribution in [2.45, 2.75) is 6.04 Å². The number of pyridine rings is 1. The zero-order chi connectivity index (χ0) is 10.7. The zero-order valence-corrected chi connectivity index (χ0v) is 7.04. The van der Waals surface area contributed by atoms with E-state index >= 15 is 0 Å². The molecule has 0 aliphatic rings. The van der Waals surface area contributed by atoms with E-state index in [2.05, 4.69) is 4.98 Å². The largest absolute Gasteiger partial charge is 0.480 e. The first-order valence-corrected chi connectivity index (χ1v) is 3.69. The van der Waals surface area contributed by atoms with Gasteiger partial charge in [-0.3, -0.25) is 9.78 Å². The van der Waals surface area contributed by atoms with Crippen molar-refractivity contribution in [2.24, 2.45) is 5.73 Å². The Hall–Kier alpha value is -1.95. The van der Waals surface area contributed by atoms with Crippen molar-refractivity contribution in [3.05, 3.63) is 29.6 Å². The van der Waals surface area contributed by atoms with Gasteiger partial charge in [-0.05, 0) is 6.07 Å². The van der Waals surface area contributed by atoms with Crippen molar-refractivity contribution in [1.29, 1.82) is 0 Å². The molecule has 1 atom stereocenters. The van der Waals surface area contributed by atoms with E-state index in [0.29, 0.717) is 0 Å². The second-order valence-corrected chi connectivity index (χ2v) is 2.58. The third-order valence-electron chi connectivity index (χ3n) is 1.68. The van der Waals surface area contributed by atoms with Crippen LogP contribution in [0.3, 0.4) is 0 Å². The molecule has 0 aliphatic carbocycles. The first-order valence-electron chi connectivity index (χ1n) is 3.69. The standard InChI is InChI=1S/C8H8N2O4/c9-6(8(13)14)5-3-10-2-1-4(5)7(11)12/h1-3,6H,9H2,(H,11,12)(H,13,14)/t6-/m0/s1. The molecule has 1 aromatic rings. The lowest BCUT2D eigenvalue weighted by atomic mass is 10.0. The van der Waals surface area contributed by atoms with Crippen LogP contribution in [0.2, 0.25) is 0 Å². The maximum absolute atomic E-state index is 10.7. The molecule has 0 aromatic carbocycles. The van der Waals surface area contributed by atoms with Gasteiger partial charge < -0.3 is 15.9 Å². The van der Waals surface area contributed by atoms with Crippen LogP contribution in [-0.4, -0.2) is 27.1 Å². The number of carbonyl (C=O) groups is 2. The Morgan fingerprint density at radius 2 is 2.07 bits per heavy atom. The highest BCUT2D eigenvalue weighted by Crippen LogP contribution is 2.14. The Balaban J connectivity index is 3.19. The molecule has 4 N–H and O–H groups in total. The molecule has 6 heteroatoms. The summed E-state index contributed by atoms with van der Waals surface area (Å²) in [6.45, 7) is 0. The molecule has 14 heavy (non-hydrogen) atoms. The van der Waals surface area contributed by atoms with E-state index in [1.807, 2.05) is 0 Å². The minimum Gasteiger partial charge on any atom is -0.480 e. The lowest BCUT2D eigenvalue weighted by Gasteiger charge is -2.08. The number of hydrogen-bond donors (Lipinski definition) is 3. The number of nitrogens with zero attached hydrogens (tertiary/aromatic N) is 1. The van der Waals surface area contributed by atoms with Gasteiger partial charge in [0.1, 0.15) is 6.04 Å². The normalized spacial score (nSPS) is 12.1. The summed E-state index contributed by atoms with van der Waals surface area (Å²) in [5.74, 6) is -2.51. The Morgan fingerprint density at radius 1 is 1.43 bits per heavy atom. The smallest absolute Gasteiger partial charge is 0.336 e. The fourth-order valence-electron chi connectivity index (χ4n) is 0.982. The molecule has 0 spiro atoms. The van der Waals surface area contributed by atoms with Crippen LogP contribution >= 0.6 is 0 Å². The number of aromatic nitrogens is 1. The van der Waals surface area contributed by atoms with Crippen molar-refractivity contribution < 1.29 is 19.8 Å². The second-order valence-electron chi connectivity index (χ2n) is 2.58. The Labute approximate surface area is 79.0 Å². The van der Waals surface area contributed by atoms with Crippen LogP contribution in [0.1, 0.15) is 22.0 Å². The molecule has 1 rings (SSSR count). The van der Waals surface area contributed by atoms with Gasteiger partial charge in [0.15, 0.2) is 0 Å². The van der Waals surface area contributed by atoms with Gasteiger partial charge in [0, 0.05) is 18.0 Å². The van der Waals surface area contributed by atoms with Gasteiger partial charge in [0.25, 0.3) is 0 Å². The van der Waals surface area contributed by atoms with Gasteiger partial charge in [-0.2, -0.15) is 0 Å². The molecule has 6 nitrogen and oxygen atoms in total. The Morgan fingerprint density at radius 3 is 2.57 bits per heavy atom. The van der Waals surface area contributed by atoms with Crippen molar-refractivity contribution >= 4 is 11.9 Å². The number of aliphatic carboxylic acids is 1. The maximum atomic E-state index is 10.7. The fourth-order valence-corrected chi connectivity index (χ4v) is 0.982. The number of rotatable bonds is 3. The second kappa shape index (κ2) is 3.84. The molecular formula is C8H8N2O4. The summed E-state index contributed by atoms with van der Waals surface area (Å²) in [6, 6.07) is -0.157. The van der Waals surface area contributed by atoms with Gasteiger partial charge in [0.2, 0.25) is 0 Å². The van der Waals surface area contributed by atoms with Crippen LogP contribution in [0.15, 0.2) is 18.5 Å². The molecule has 0 saturated heterocycles. The summed E-state index contributed by atoms with van der Waals surface area (Å²) >= 11 is 0. The topological polar surface area (TPSA) is 114 Å². The first-order chi connectivity index (χ1) is 6.54. The fraction of sp³-hybridized carbons (Fsp3) is 0.125. The molecule has 0 aliphatic heterocycles. The van der Waals surface area contributed by atoms with Crippen molar-refractivity contribution in [3.8, 4) is 0 Å². The highest BCUT2D eigenvalue weighted by Gasteiger charge is 2.20. The average Bonchev–Trinajstić information content (AvgIpc) is 2.16. The van der Waals surface area contributed by atoms with E-state index < -0.39 is 18.0 Å². The monoisotopic (exact) mass is 196 g/mol. The van der Waals surface area contributed by atoms with E-state index in [9.17, 15) is 9.59 Å². The summed E-state index contributed by atoms with van der Waals surface area (Å²) < 4.78 is 0. The van der Waals surface area contributed by atoms with Gasteiger partial charge in [-0.1, -0.05) is 0 Å². The molecule has 0 fully saturated rings. The van der Waals surface area contributed by atoms with Crippen molar-refractivity contribution in [3.63, 3.8) is 0 Å². The Kier molecular flexibility index (Phi) is 2.78. The van der Waals surface area contributed by atoms with E-state index in [1.54, 1.807) is 0 Å². The summed E-state index contributed by atoms with van der Waals surface area (Å²) in [6.07, 6.45) is 2.41. The number of hydrogen-bond acceptors (Lipinski definition) is 4. The molecule has 1 heterocycles. The predicted molar refractivity (Wildman–Crippen MR) is 45.8 cm³/mol. The molecular weight excluding hydrogens is 188 g/mol. The molecule has 0 saturated carbocycles. The molecule has 0 amide bonds. The first kappa shape index (κ1) is 10.1. The van der Waals surface area contributed by atoms with Crippen LogP contribution in [0.5, 0.6) is 0 Å². The SMILES string of the molecule is N[C@H](C(=O)O)c1cnccc1C(=O)O. The highest BCUT2D eigenvalue weighted by molar-refractivity contribution is 5.91. The minimum atomic E-state index is -1.37. The summed E-state index contributed by atoms with van der Waals surface area (Å²) in [7, 11) is 0. The van der Waals surface area contributed by atoms with Gasteiger partial charge >= 0.3 is 11.9 Å². The minimum absolute atomic E-state index is 0.00694. The van der Waals surface area contributed by atoms with Crippen LogP contribution in [0.25, 0.3) is 0 Å². The lowest BCUT2D eigenvalue weighted by Crippen LogP contribution is -2.23. The average molecular weight is 196 g/mol. The van der Waals surface area contributed by atoms with Gasteiger partial charge in [0.05, 0.1) is 5.56 Å². The Bertz CT molecular complexity index is 377. The van der Waals surface area contributed by atoms with Gasteiger partial charge in [-0.25, -0.2) is 4.79 Å². The van der Waals surface area contributed by atoms with E-state index in [-0.39, 0.29) is 11.1 Å². The number of nitrogens with two attached hydrogens (primary N) is 1. The molecule has 74 valence electrons. The number of carboxylic acid groups (broad SMARTS) is 2. The summed E-state index contributed by atoms with van der Waals surface area (Å²) in [5.41, 5.74) is 5.12. The van der Waals surface area contributed by atoms with Gasteiger partial charge in [-0.15, -0.1) is 0 Å². The molecule has 1 aromatic heterocycles. The van der Waals surface area contributed by atoms with Crippen molar-refractivity contribution in [1.82, 2.24) is 4.98 Å². The molecule has 0 radical (unpaired) electrons. The van der Waals surface area contributed by atoms with E-state index in [1.165, 1.54) is 12.3 Å². The van der Waals surface area contributed by atoms with E-state index in [0.717, 1.165) is 6.20 Å². The lowest BCUT2D eigenvalue weighted by molar-refractivity contribution is -0.138. The van der Waals surface area contributed by atoms with Crippen molar-refractivity contribution in [2.75, 3.05) is 0 Å². The van der Waals surface area contributed by atoms with Crippen LogP contribution < -0.4 is 5.73 Å².